The summed E-state index contributed by atoms with van der Waals surface area (Å²) in [5.74, 6) is -0.718. The Kier molecular flexibility index (Phi) is 4.50. The predicted molar refractivity (Wildman–Crippen MR) is 75.9 cm³/mol. The fourth-order valence-electron chi connectivity index (χ4n) is 1.54. The molecule has 1 heterocycles. The molecule has 0 saturated heterocycles. The van der Waals surface area contributed by atoms with Crippen molar-refractivity contribution in [3.8, 4) is 0 Å². The standard InChI is InChI=1S/C13H10ClFO2S2/c1-8(13(16)11-5-6-12(14)18-11)19(17)10-4-2-3-9(15)7-10/h2-8H,1H3. The van der Waals surface area contributed by atoms with E-state index in [1.165, 1.54) is 18.2 Å². The Morgan fingerprint density at radius 1 is 1.37 bits per heavy atom. The summed E-state index contributed by atoms with van der Waals surface area (Å²) in [5, 5.41) is -0.739. The highest BCUT2D eigenvalue weighted by Gasteiger charge is 2.24. The van der Waals surface area contributed by atoms with Gasteiger partial charge in [-0.3, -0.25) is 9.00 Å². The van der Waals surface area contributed by atoms with Crippen LogP contribution in [0.5, 0.6) is 0 Å². The molecule has 19 heavy (non-hydrogen) atoms. The van der Waals surface area contributed by atoms with Gasteiger partial charge in [0.15, 0.2) is 5.78 Å². The smallest absolute Gasteiger partial charge is 0.188 e. The van der Waals surface area contributed by atoms with Gasteiger partial charge in [-0.2, -0.15) is 0 Å². The van der Waals surface area contributed by atoms with Crippen molar-refractivity contribution in [2.45, 2.75) is 17.1 Å². The van der Waals surface area contributed by atoms with Crippen LogP contribution in [0.2, 0.25) is 4.34 Å². The van der Waals surface area contributed by atoms with Crippen LogP contribution < -0.4 is 0 Å². The molecule has 100 valence electrons. The van der Waals surface area contributed by atoms with Crippen LogP contribution in [0.15, 0.2) is 41.3 Å². The first kappa shape index (κ1) is 14.4. The van der Waals surface area contributed by atoms with Gasteiger partial charge in [0.05, 0.1) is 20.0 Å². The number of Topliss-reactive ketones (excluding diaryl/α,β-unsaturated/α-hetero) is 1. The highest BCUT2D eigenvalue weighted by atomic mass is 35.5. The molecule has 0 aliphatic heterocycles. The van der Waals surface area contributed by atoms with Gasteiger partial charge in [0.2, 0.25) is 0 Å². The number of hydrogen-bond acceptors (Lipinski definition) is 3. The van der Waals surface area contributed by atoms with Crippen LogP contribution in [0.25, 0.3) is 0 Å². The quantitative estimate of drug-likeness (QED) is 0.801. The Balaban J connectivity index is 2.22. The average molecular weight is 317 g/mol. The Morgan fingerprint density at radius 3 is 2.68 bits per heavy atom. The first-order chi connectivity index (χ1) is 8.99. The molecule has 2 aromatic rings. The highest BCUT2D eigenvalue weighted by Crippen LogP contribution is 2.24. The van der Waals surface area contributed by atoms with Gasteiger partial charge in [-0.25, -0.2) is 4.39 Å². The molecule has 6 heteroatoms. The summed E-state index contributed by atoms with van der Waals surface area (Å²) >= 11 is 6.91. The van der Waals surface area contributed by atoms with Crippen molar-refractivity contribution in [1.29, 1.82) is 0 Å². The summed E-state index contributed by atoms with van der Waals surface area (Å²) in [7, 11) is -1.59. The van der Waals surface area contributed by atoms with E-state index in [9.17, 15) is 13.4 Å². The first-order valence-electron chi connectivity index (χ1n) is 5.44. The topological polar surface area (TPSA) is 34.1 Å². The van der Waals surface area contributed by atoms with E-state index >= 15 is 0 Å². The van der Waals surface area contributed by atoms with Crippen molar-refractivity contribution in [1.82, 2.24) is 0 Å². The lowest BCUT2D eigenvalue weighted by Crippen LogP contribution is -2.22. The number of ketones is 1. The van der Waals surface area contributed by atoms with E-state index in [0.717, 1.165) is 11.3 Å². The van der Waals surface area contributed by atoms with Crippen LogP contribution in [-0.4, -0.2) is 15.2 Å². The van der Waals surface area contributed by atoms with Crippen LogP contribution in [0.4, 0.5) is 4.39 Å². The minimum atomic E-state index is -1.59. The molecular formula is C13H10ClFO2S2. The van der Waals surface area contributed by atoms with Gasteiger partial charge < -0.3 is 0 Å². The largest absolute Gasteiger partial charge is 0.292 e. The second-order valence-electron chi connectivity index (χ2n) is 3.87. The lowest BCUT2D eigenvalue weighted by molar-refractivity contribution is 0.0996. The van der Waals surface area contributed by atoms with Crippen molar-refractivity contribution >= 4 is 39.5 Å². The van der Waals surface area contributed by atoms with Crippen molar-refractivity contribution in [2.24, 2.45) is 0 Å². The van der Waals surface area contributed by atoms with E-state index in [1.807, 2.05) is 0 Å². The SMILES string of the molecule is CC(C(=O)c1ccc(Cl)s1)S(=O)c1cccc(F)c1. The molecule has 0 saturated carbocycles. The van der Waals surface area contributed by atoms with E-state index in [0.29, 0.717) is 14.1 Å². The van der Waals surface area contributed by atoms with Gasteiger partial charge in [-0.05, 0) is 37.3 Å². The molecule has 0 spiro atoms. The maximum Gasteiger partial charge on any atom is 0.188 e. The zero-order valence-electron chi connectivity index (χ0n) is 9.93. The number of benzene rings is 1. The molecule has 0 amide bonds. The molecule has 0 aliphatic rings. The molecule has 2 unspecified atom stereocenters. The number of halogens is 2. The van der Waals surface area contributed by atoms with Gasteiger partial charge in [0.25, 0.3) is 0 Å². The van der Waals surface area contributed by atoms with E-state index in [4.69, 9.17) is 11.6 Å². The van der Waals surface area contributed by atoms with Crippen LogP contribution in [0, 0.1) is 5.82 Å². The normalized spacial score (nSPS) is 14.1. The fourth-order valence-corrected chi connectivity index (χ4v) is 3.86. The first-order valence-corrected chi connectivity index (χ1v) is 7.85. The molecule has 2 atom stereocenters. The number of carbonyl (C=O) groups is 1. The molecule has 1 aromatic carbocycles. The van der Waals surface area contributed by atoms with E-state index in [2.05, 4.69) is 0 Å². The molecule has 1 aromatic heterocycles. The third-order valence-electron chi connectivity index (χ3n) is 2.53. The highest BCUT2D eigenvalue weighted by molar-refractivity contribution is 7.86. The molecule has 0 aliphatic carbocycles. The summed E-state index contributed by atoms with van der Waals surface area (Å²) in [5.41, 5.74) is 0. The molecule has 2 rings (SSSR count). The monoisotopic (exact) mass is 316 g/mol. The molecule has 0 fully saturated rings. The summed E-state index contributed by atoms with van der Waals surface area (Å²) < 4.78 is 25.8. The Hall–Kier alpha value is -1.04. The van der Waals surface area contributed by atoms with E-state index < -0.39 is 21.9 Å². The second kappa shape index (κ2) is 5.94. The molecule has 0 radical (unpaired) electrons. The second-order valence-corrected chi connectivity index (χ2v) is 7.35. The lowest BCUT2D eigenvalue weighted by Gasteiger charge is -2.09. The van der Waals surface area contributed by atoms with Crippen LogP contribution in [0.1, 0.15) is 16.6 Å². The van der Waals surface area contributed by atoms with Crippen molar-refractivity contribution in [2.75, 3.05) is 0 Å². The number of rotatable bonds is 4. The lowest BCUT2D eigenvalue weighted by atomic mass is 10.2. The molecule has 0 bridgehead atoms. The van der Waals surface area contributed by atoms with Gasteiger partial charge in [-0.1, -0.05) is 17.7 Å². The number of hydrogen-bond donors (Lipinski definition) is 0. The third kappa shape index (κ3) is 3.29. The summed E-state index contributed by atoms with van der Waals surface area (Å²) in [6, 6.07) is 8.70. The minimum Gasteiger partial charge on any atom is -0.292 e. The Labute approximate surface area is 121 Å². The number of carbonyl (C=O) groups excluding carboxylic acids is 1. The molecule has 0 N–H and O–H groups in total. The zero-order chi connectivity index (χ0) is 14.0. The third-order valence-corrected chi connectivity index (χ3v) is 5.36. The van der Waals surface area contributed by atoms with E-state index in [1.54, 1.807) is 25.1 Å². The average Bonchev–Trinajstić information content (AvgIpc) is 2.83. The van der Waals surface area contributed by atoms with Gasteiger partial charge in [0, 0.05) is 4.90 Å². The predicted octanol–water partition coefficient (Wildman–Crippen LogP) is 3.92. The van der Waals surface area contributed by atoms with Gasteiger partial charge >= 0.3 is 0 Å². The fraction of sp³-hybridized carbons (Fsp3) is 0.154. The van der Waals surface area contributed by atoms with Crippen LogP contribution >= 0.6 is 22.9 Å². The van der Waals surface area contributed by atoms with Gasteiger partial charge in [0.1, 0.15) is 11.1 Å². The zero-order valence-corrected chi connectivity index (χ0v) is 12.3. The minimum absolute atomic E-state index is 0.250. The van der Waals surface area contributed by atoms with Gasteiger partial charge in [-0.15, -0.1) is 11.3 Å². The summed E-state index contributed by atoms with van der Waals surface area (Å²) in [4.78, 5) is 12.9. The van der Waals surface area contributed by atoms with Crippen molar-refractivity contribution < 1.29 is 13.4 Å². The Morgan fingerprint density at radius 2 is 2.11 bits per heavy atom. The molecular weight excluding hydrogens is 307 g/mol. The Bertz CT molecular complexity index is 639. The van der Waals surface area contributed by atoms with Crippen LogP contribution in [0.3, 0.4) is 0 Å². The summed E-state index contributed by atoms with van der Waals surface area (Å²) in [6.45, 7) is 1.57. The van der Waals surface area contributed by atoms with Crippen molar-refractivity contribution in [3.05, 3.63) is 51.4 Å². The number of thiophene rings is 1. The van der Waals surface area contributed by atoms with Crippen molar-refractivity contribution in [3.63, 3.8) is 0 Å². The summed E-state index contributed by atoms with van der Waals surface area (Å²) in [6.07, 6.45) is 0. The maximum absolute atomic E-state index is 13.1. The van der Waals surface area contributed by atoms with Crippen LogP contribution in [-0.2, 0) is 10.8 Å². The van der Waals surface area contributed by atoms with E-state index in [-0.39, 0.29) is 5.78 Å². The maximum atomic E-state index is 13.1. The molecule has 2 nitrogen and oxygen atoms in total.